The minimum absolute atomic E-state index is 0.0762. The lowest BCUT2D eigenvalue weighted by Crippen LogP contribution is -2.54. The van der Waals surface area contributed by atoms with Crippen molar-refractivity contribution in [1.29, 1.82) is 0 Å². The number of hydrogen-bond donors (Lipinski definition) is 5. The predicted octanol–water partition coefficient (Wildman–Crippen LogP) is -1.58. The summed E-state index contributed by atoms with van der Waals surface area (Å²) in [5.74, 6) is -3.10. The maximum Gasteiger partial charge on any atom is 0.322 e. The molecule has 0 saturated carbocycles. The minimum Gasteiger partial charge on any atom is -0.468 e. The molecule has 0 aromatic carbocycles. The lowest BCUT2D eigenvalue weighted by Gasteiger charge is -2.22. The fourth-order valence-electron chi connectivity index (χ4n) is 2.58. The van der Waals surface area contributed by atoms with Crippen molar-refractivity contribution in [2.24, 2.45) is 23.1 Å². The second kappa shape index (κ2) is 13.5. The highest BCUT2D eigenvalue weighted by molar-refractivity contribution is 5.93. The first-order valence-electron chi connectivity index (χ1n) is 9.48. The van der Waals surface area contributed by atoms with Crippen molar-refractivity contribution in [3.8, 4) is 0 Å². The van der Waals surface area contributed by atoms with E-state index in [1.165, 1.54) is 7.11 Å². The van der Waals surface area contributed by atoms with E-state index < -0.39 is 48.2 Å². The number of ether oxygens (including phenoxy) is 1. The molecule has 0 aliphatic rings. The highest BCUT2D eigenvalue weighted by atomic mass is 16.5. The molecule has 166 valence electrons. The summed E-state index contributed by atoms with van der Waals surface area (Å²) >= 11 is 0. The Kier molecular flexibility index (Phi) is 12.2. The second-order valence-corrected chi connectivity index (χ2v) is 7.26. The molecule has 1 unspecified atom stereocenters. The van der Waals surface area contributed by atoms with Crippen LogP contribution in [-0.2, 0) is 28.7 Å². The van der Waals surface area contributed by atoms with E-state index in [9.17, 15) is 24.0 Å². The normalized spacial score (nSPS) is 13.8. The van der Waals surface area contributed by atoms with E-state index in [0.717, 1.165) is 0 Å². The van der Waals surface area contributed by atoms with E-state index in [4.69, 9.17) is 17.2 Å². The smallest absolute Gasteiger partial charge is 0.322 e. The van der Waals surface area contributed by atoms with Gasteiger partial charge in [0.1, 0.15) is 18.1 Å². The van der Waals surface area contributed by atoms with Crippen molar-refractivity contribution in [1.82, 2.24) is 10.6 Å². The van der Waals surface area contributed by atoms with Gasteiger partial charge in [-0.25, -0.2) is 0 Å². The number of nitrogens with one attached hydrogen (secondary N) is 2. The van der Waals surface area contributed by atoms with Crippen LogP contribution in [0.1, 0.15) is 52.4 Å². The molecule has 0 saturated heterocycles. The molecule has 3 atom stereocenters. The summed E-state index contributed by atoms with van der Waals surface area (Å²) in [5.41, 5.74) is 15.9. The highest BCUT2D eigenvalue weighted by Gasteiger charge is 2.27. The number of carbonyl (C=O) groups is 5. The monoisotopic (exact) mass is 415 g/mol. The molecule has 8 N–H and O–H groups in total. The number of methoxy groups -OCH3 is 1. The van der Waals surface area contributed by atoms with Crippen molar-refractivity contribution < 1.29 is 28.7 Å². The molecule has 0 aliphatic carbocycles. The van der Waals surface area contributed by atoms with Crippen LogP contribution < -0.4 is 27.8 Å². The highest BCUT2D eigenvalue weighted by Crippen LogP contribution is 2.08. The topological polar surface area (TPSA) is 197 Å². The molecule has 11 nitrogen and oxygen atoms in total. The maximum atomic E-state index is 12.5. The van der Waals surface area contributed by atoms with Crippen LogP contribution in [0.4, 0.5) is 0 Å². The summed E-state index contributed by atoms with van der Waals surface area (Å²) in [4.78, 5) is 58.3. The van der Waals surface area contributed by atoms with E-state index in [1.807, 2.05) is 13.8 Å². The van der Waals surface area contributed by atoms with Crippen LogP contribution in [0.25, 0.3) is 0 Å². The van der Waals surface area contributed by atoms with E-state index in [2.05, 4.69) is 15.4 Å². The van der Waals surface area contributed by atoms with E-state index in [0.29, 0.717) is 25.7 Å². The van der Waals surface area contributed by atoms with Crippen LogP contribution in [0.15, 0.2) is 0 Å². The summed E-state index contributed by atoms with van der Waals surface area (Å²) in [6.45, 7) is 3.74. The molecular weight excluding hydrogens is 382 g/mol. The largest absolute Gasteiger partial charge is 0.468 e. The van der Waals surface area contributed by atoms with Gasteiger partial charge in [0.05, 0.1) is 13.5 Å². The van der Waals surface area contributed by atoms with Gasteiger partial charge in [-0.1, -0.05) is 20.3 Å². The predicted molar refractivity (Wildman–Crippen MR) is 105 cm³/mol. The lowest BCUT2D eigenvalue weighted by molar-refractivity contribution is -0.142. The zero-order valence-corrected chi connectivity index (χ0v) is 17.2. The number of amides is 4. The Morgan fingerprint density at radius 1 is 0.966 bits per heavy atom. The van der Waals surface area contributed by atoms with Gasteiger partial charge in [0.2, 0.25) is 23.6 Å². The second-order valence-electron chi connectivity index (χ2n) is 7.26. The molecule has 0 rings (SSSR count). The molecule has 0 fully saturated rings. The molecule has 4 amide bonds. The third-order valence-corrected chi connectivity index (χ3v) is 4.10. The first-order chi connectivity index (χ1) is 13.5. The van der Waals surface area contributed by atoms with Gasteiger partial charge in [-0.2, -0.15) is 0 Å². The van der Waals surface area contributed by atoms with Crippen LogP contribution >= 0.6 is 0 Å². The van der Waals surface area contributed by atoms with Gasteiger partial charge < -0.3 is 32.6 Å². The van der Waals surface area contributed by atoms with Crippen molar-refractivity contribution >= 4 is 29.6 Å². The number of nitrogens with two attached hydrogens (primary N) is 3. The van der Waals surface area contributed by atoms with Gasteiger partial charge in [0, 0.05) is 6.42 Å². The number of primary amides is 2. The third kappa shape index (κ3) is 11.7. The summed E-state index contributed by atoms with van der Waals surface area (Å²) < 4.78 is 4.53. The lowest BCUT2D eigenvalue weighted by atomic mass is 10.0. The Morgan fingerprint density at radius 2 is 1.59 bits per heavy atom. The van der Waals surface area contributed by atoms with Crippen LogP contribution in [0.2, 0.25) is 0 Å². The van der Waals surface area contributed by atoms with Crippen molar-refractivity contribution in [3.05, 3.63) is 0 Å². The van der Waals surface area contributed by atoms with Gasteiger partial charge in [-0.05, 0) is 25.2 Å². The summed E-state index contributed by atoms with van der Waals surface area (Å²) in [7, 11) is 1.25. The Labute approximate surface area is 170 Å². The average Bonchev–Trinajstić information content (AvgIpc) is 2.62. The number of hydrogen-bond acceptors (Lipinski definition) is 7. The molecule has 0 radical (unpaired) electrons. The molecule has 11 heteroatoms. The number of esters is 1. The minimum atomic E-state index is -1.24. The van der Waals surface area contributed by atoms with Crippen LogP contribution in [0.5, 0.6) is 0 Å². The van der Waals surface area contributed by atoms with Gasteiger partial charge in [0.15, 0.2) is 0 Å². The molecule has 0 heterocycles. The zero-order chi connectivity index (χ0) is 22.6. The van der Waals surface area contributed by atoms with Gasteiger partial charge in [-0.15, -0.1) is 0 Å². The SMILES string of the molecule is COC(=O)C(N)CCCCC(=O)N[C@@H](CC(C)C)C(=O)N[C@@H](CC(N)=O)C(N)=O. The van der Waals surface area contributed by atoms with Gasteiger partial charge in [0.25, 0.3) is 0 Å². The molecule has 0 aromatic heterocycles. The van der Waals surface area contributed by atoms with Crippen LogP contribution in [0.3, 0.4) is 0 Å². The molecule has 0 aromatic rings. The standard InChI is InChI=1S/C18H33N5O6/c1-10(2)8-13(17(27)23-12(16(21)26)9-14(20)24)22-15(25)7-5-4-6-11(19)18(28)29-3/h10-13H,4-9,19H2,1-3H3,(H2,20,24)(H2,21,26)(H,22,25)(H,23,27)/t11?,12-,13-/m0/s1. The first-order valence-corrected chi connectivity index (χ1v) is 9.48. The van der Waals surface area contributed by atoms with Crippen molar-refractivity contribution in [2.45, 2.75) is 70.5 Å². The van der Waals surface area contributed by atoms with Crippen molar-refractivity contribution in [2.75, 3.05) is 7.11 Å². The van der Waals surface area contributed by atoms with E-state index in [-0.39, 0.29) is 18.2 Å². The molecule has 29 heavy (non-hydrogen) atoms. The summed E-state index contributed by atoms with van der Waals surface area (Å²) in [5, 5.41) is 4.99. The Hall–Kier alpha value is -2.69. The molecule has 0 bridgehead atoms. The molecular formula is C18H33N5O6. The summed E-state index contributed by atoms with van der Waals surface area (Å²) in [6.07, 6.45) is 1.42. The Balaban J connectivity index is 4.70. The van der Waals surface area contributed by atoms with Gasteiger partial charge in [-0.3, -0.25) is 24.0 Å². The van der Waals surface area contributed by atoms with Crippen LogP contribution in [0, 0.1) is 5.92 Å². The molecule has 0 spiro atoms. The fourth-order valence-corrected chi connectivity index (χ4v) is 2.58. The third-order valence-electron chi connectivity index (χ3n) is 4.10. The number of rotatable bonds is 14. The summed E-state index contributed by atoms with van der Waals surface area (Å²) in [6, 6.07) is -2.88. The van der Waals surface area contributed by atoms with Crippen molar-refractivity contribution in [3.63, 3.8) is 0 Å². The van der Waals surface area contributed by atoms with Gasteiger partial charge >= 0.3 is 5.97 Å². The maximum absolute atomic E-state index is 12.5. The quantitative estimate of drug-likeness (QED) is 0.167. The zero-order valence-electron chi connectivity index (χ0n) is 17.2. The first kappa shape index (κ1) is 26.3. The Bertz CT molecular complexity index is 595. The van der Waals surface area contributed by atoms with Crippen LogP contribution in [-0.4, -0.2) is 54.8 Å². The van der Waals surface area contributed by atoms with E-state index in [1.54, 1.807) is 0 Å². The number of carbonyl (C=O) groups excluding carboxylic acids is 5. The molecule has 0 aliphatic heterocycles. The number of unbranched alkanes of at least 4 members (excludes halogenated alkanes) is 1. The fraction of sp³-hybridized carbons (Fsp3) is 0.722. The van der Waals surface area contributed by atoms with E-state index >= 15 is 0 Å². The average molecular weight is 415 g/mol. The Morgan fingerprint density at radius 3 is 2.07 bits per heavy atom.